The molecule has 53 heavy (non-hydrogen) atoms. The summed E-state index contributed by atoms with van der Waals surface area (Å²) < 4.78 is 57.0. The first-order chi connectivity index (χ1) is 25.1. The van der Waals surface area contributed by atoms with Crippen molar-refractivity contribution < 1.29 is 65.6 Å². The number of halogens is 1. The van der Waals surface area contributed by atoms with E-state index < -0.39 is 28.1 Å². The number of esters is 3. The van der Waals surface area contributed by atoms with Crippen LogP contribution in [0.1, 0.15) is 95.9 Å². The predicted molar refractivity (Wildman–Crippen MR) is 214 cm³/mol. The van der Waals surface area contributed by atoms with Crippen molar-refractivity contribution in [3.8, 4) is 0 Å². The molecule has 0 aromatic rings. The zero-order valence-electron chi connectivity index (χ0n) is 34.2. The Hall–Kier alpha value is -1.51. The number of aliphatic hydroxyl groups excluding tert-OH is 1. The van der Waals surface area contributed by atoms with Gasteiger partial charge in [-0.05, 0) is 101 Å². The lowest BCUT2D eigenvalue weighted by molar-refractivity contribution is -0.138. The summed E-state index contributed by atoms with van der Waals surface area (Å²) in [5.41, 5.74) is 2.20. The molecule has 0 amide bonds. The third-order valence-corrected chi connectivity index (χ3v) is 9.85. The first kappa shape index (κ1) is 58.2. The Morgan fingerprint density at radius 2 is 1.09 bits per heavy atom. The maximum absolute atomic E-state index is 12.1. The van der Waals surface area contributed by atoms with Crippen molar-refractivity contribution in [3.05, 3.63) is 34.9 Å². The van der Waals surface area contributed by atoms with Crippen molar-refractivity contribution in [2.45, 2.75) is 102 Å². The van der Waals surface area contributed by atoms with E-state index in [0.717, 1.165) is 12.2 Å². The molecule has 1 rings (SSSR count). The third-order valence-electron chi connectivity index (χ3n) is 5.37. The molecular weight excluding hydrogens is 798 g/mol. The van der Waals surface area contributed by atoms with Crippen molar-refractivity contribution in [1.82, 2.24) is 0 Å². The van der Waals surface area contributed by atoms with E-state index in [1.165, 1.54) is 31.1 Å². The lowest BCUT2D eigenvalue weighted by atomic mass is 10.3. The molecule has 17 heteroatoms. The maximum Gasteiger partial charge on any atom is 0.334 e. The fourth-order valence-electron chi connectivity index (χ4n) is 3.28. The van der Waals surface area contributed by atoms with Crippen molar-refractivity contribution in [2.24, 2.45) is 0 Å². The minimum Gasteiger partial charge on any atom is -0.463 e. The molecule has 1 fully saturated rings. The average molecular weight is 868 g/mol. The number of allylic oxidation sites excluding steroid dienone is 2. The van der Waals surface area contributed by atoms with Gasteiger partial charge in [0.1, 0.15) is 0 Å². The molecule has 0 spiro atoms. The van der Waals surface area contributed by atoms with Crippen molar-refractivity contribution in [1.29, 1.82) is 0 Å². The molecule has 0 aromatic heterocycles. The average Bonchev–Trinajstić information content (AvgIpc) is 3.57. The molecule has 1 atom stereocenters. The number of rotatable bonds is 20. The van der Waals surface area contributed by atoms with E-state index >= 15 is 0 Å². The van der Waals surface area contributed by atoms with Crippen LogP contribution >= 0.6 is 32.1 Å². The van der Waals surface area contributed by atoms with Gasteiger partial charge in [-0.2, -0.15) is 0 Å². The molecule has 0 bridgehead atoms. The summed E-state index contributed by atoms with van der Waals surface area (Å²) in [5.74, 6) is -1.10. The largest absolute Gasteiger partial charge is 0.463 e. The molecule has 1 saturated heterocycles. The van der Waals surface area contributed by atoms with Gasteiger partial charge in [-0.25, -0.2) is 14.4 Å². The van der Waals surface area contributed by atoms with Crippen molar-refractivity contribution >= 4 is 50.0 Å². The van der Waals surface area contributed by atoms with Crippen LogP contribution in [-0.2, 0) is 60.5 Å². The van der Waals surface area contributed by atoms with E-state index in [1.54, 1.807) is 48.5 Å². The first-order valence-corrected chi connectivity index (χ1v) is 21.9. The smallest absolute Gasteiger partial charge is 0.334 e. The van der Waals surface area contributed by atoms with Gasteiger partial charge in [-0.1, -0.05) is 27.1 Å². The molecule has 1 N–H and O–H groups in total. The van der Waals surface area contributed by atoms with Crippen LogP contribution in [-0.4, -0.2) is 107 Å². The Labute approximate surface area is 329 Å². The fraction of sp³-hybridized carbons (Fsp3) is 0.750. The Kier molecular flexibility index (Phi) is 45.7. The summed E-state index contributed by atoms with van der Waals surface area (Å²) in [6.07, 6.45) is 7.26. The minimum absolute atomic E-state index is 0.0984. The third kappa shape index (κ3) is 43.1. The fourth-order valence-corrected chi connectivity index (χ4v) is 6.04. The number of carbonyl (C=O) groups excluding carboxylic acids is 3. The Morgan fingerprint density at radius 3 is 1.36 bits per heavy atom. The zero-order valence-corrected chi connectivity index (χ0v) is 37.6. The van der Waals surface area contributed by atoms with Gasteiger partial charge < -0.3 is 46.7 Å². The van der Waals surface area contributed by atoms with Crippen LogP contribution in [0.5, 0.6) is 0 Å². The summed E-state index contributed by atoms with van der Waals surface area (Å²) in [5, 5.41) is 9.19. The van der Waals surface area contributed by atoms with E-state index in [-0.39, 0.29) is 18.7 Å². The van der Waals surface area contributed by atoms with Gasteiger partial charge in [0, 0.05) is 30.2 Å². The summed E-state index contributed by atoms with van der Waals surface area (Å²) in [7, 11) is -4.19. The lowest BCUT2D eigenvalue weighted by Gasteiger charge is -2.16. The predicted octanol–water partition coefficient (Wildman–Crippen LogP) is 8.65. The number of aliphatic hydroxyl groups is 1. The van der Waals surface area contributed by atoms with Crippen LogP contribution < -0.4 is 0 Å². The molecule has 314 valence electrons. The molecule has 0 aliphatic carbocycles. The van der Waals surface area contributed by atoms with Crippen LogP contribution in [0.2, 0.25) is 0 Å². The second kappa shape index (κ2) is 41.6. The van der Waals surface area contributed by atoms with Crippen LogP contribution in [0.25, 0.3) is 0 Å². The van der Waals surface area contributed by atoms with Crippen molar-refractivity contribution in [3.63, 3.8) is 0 Å². The van der Waals surface area contributed by atoms with E-state index in [4.69, 9.17) is 37.2 Å². The monoisotopic (exact) mass is 866 g/mol. The van der Waals surface area contributed by atoms with Crippen LogP contribution in [0.3, 0.4) is 0 Å². The molecule has 0 aromatic carbocycles. The van der Waals surface area contributed by atoms with Crippen molar-refractivity contribution in [2.75, 3.05) is 77.6 Å². The minimum atomic E-state index is -3.13. The van der Waals surface area contributed by atoms with E-state index in [2.05, 4.69) is 32.3 Å². The van der Waals surface area contributed by atoms with Crippen LogP contribution in [0.4, 0.5) is 0 Å². The maximum atomic E-state index is 12.1. The van der Waals surface area contributed by atoms with Gasteiger partial charge in [0.2, 0.25) is 0 Å². The summed E-state index contributed by atoms with van der Waals surface area (Å²) in [6, 6.07) is 0. The van der Waals surface area contributed by atoms with Crippen LogP contribution in [0.15, 0.2) is 34.9 Å². The van der Waals surface area contributed by atoms with Crippen LogP contribution in [0, 0.1) is 0 Å². The van der Waals surface area contributed by atoms with Gasteiger partial charge >= 0.3 is 34.1 Å². The van der Waals surface area contributed by atoms with E-state index in [1.807, 2.05) is 27.7 Å². The zero-order chi connectivity index (χ0) is 41.5. The Balaban J connectivity index is -0.000000294. The molecule has 1 aliphatic heterocycles. The highest BCUT2D eigenvalue weighted by atomic mass is 79.9. The molecule has 1 unspecified atom stereocenters. The highest BCUT2D eigenvalue weighted by Crippen LogP contribution is 2.49. The highest BCUT2D eigenvalue weighted by molar-refractivity contribution is 9.09. The second-order valence-corrected chi connectivity index (χ2v) is 14.3. The van der Waals surface area contributed by atoms with E-state index in [0.29, 0.717) is 75.4 Å². The Morgan fingerprint density at radius 1 is 0.698 bits per heavy atom. The quantitative estimate of drug-likeness (QED) is 0.0405. The number of hydrogen-bond donors (Lipinski definition) is 1. The van der Waals surface area contributed by atoms with Gasteiger partial charge in [0.25, 0.3) is 0 Å². The molecule has 0 saturated carbocycles. The topological polar surface area (TPSA) is 172 Å². The SMILES string of the molecule is CC1CCCO1.CCOC(=O)/C=C(\C)CBr.CCOC(=O)/C=C(\C)CO.CCOC(=O)/C=C(\C)CP(=O)(OCC)OCC.CCOP(OCC)OCC. The number of hydrogen-bond acceptors (Lipinski definition) is 14. The molecule has 1 aliphatic rings. The standard InChI is InChI=1S/C11H21O5P.C7H11BrO2.C7H12O3.C6H15O3P.C5H10O/c1-5-14-11(12)8-10(4)9-17(13,15-6-2)16-7-3;2*1-3-10-7(9)4-6(2)5-8;1-4-7-10(8-5-2)9-6-3;1-5-3-2-4-6-5/h8H,5-7,9H2,1-4H3;4H,3,5H2,1-2H3;4,8H,3,5H2,1-2H3;4-6H2,1-3H3;5H,2-4H2,1H3/b10-8+;2*6-4+;;. The number of ether oxygens (including phenoxy) is 4. The highest BCUT2D eigenvalue weighted by Gasteiger charge is 2.24. The van der Waals surface area contributed by atoms with Gasteiger partial charge in [-0.3, -0.25) is 4.57 Å². The van der Waals surface area contributed by atoms with E-state index in [9.17, 15) is 18.9 Å². The number of alkyl halides is 1. The van der Waals surface area contributed by atoms with Gasteiger partial charge in [0.15, 0.2) is 0 Å². The second-order valence-electron chi connectivity index (χ2n) is 10.4. The lowest BCUT2D eigenvalue weighted by Crippen LogP contribution is -2.05. The normalized spacial score (nSPS) is 14.2. The molecule has 0 radical (unpaired) electrons. The molecular formula is C36H69BrO14P2. The van der Waals surface area contributed by atoms with Gasteiger partial charge in [-0.15, -0.1) is 0 Å². The summed E-state index contributed by atoms with van der Waals surface area (Å²) in [4.78, 5) is 32.5. The summed E-state index contributed by atoms with van der Waals surface area (Å²) >= 11 is 3.22. The Bertz CT molecular complexity index is 989. The summed E-state index contributed by atoms with van der Waals surface area (Å²) in [6.45, 7) is 26.4. The van der Waals surface area contributed by atoms with Gasteiger partial charge in [0.05, 0.1) is 71.7 Å². The first-order valence-electron chi connectivity index (χ1n) is 18.0. The molecule has 1 heterocycles. The molecule has 14 nitrogen and oxygen atoms in total. The number of carbonyl (C=O) groups is 3.